The van der Waals surface area contributed by atoms with Crippen molar-refractivity contribution in [3.05, 3.63) is 57.8 Å². The van der Waals surface area contributed by atoms with Crippen LogP contribution >= 0.6 is 11.3 Å². The summed E-state index contributed by atoms with van der Waals surface area (Å²) < 4.78 is 0. The lowest BCUT2D eigenvalue weighted by molar-refractivity contribution is 0.0915. The lowest BCUT2D eigenvalue weighted by Gasteiger charge is -2.36. The number of hydrogen-bond acceptors (Lipinski definition) is 3. The molecule has 1 N–H and O–H groups in total. The van der Waals surface area contributed by atoms with E-state index in [1.807, 2.05) is 31.2 Å². The van der Waals surface area contributed by atoms with E-state index in [0.717, 1.165) is 30.1 Å². The van der Waals surface area contributed by atoms with Gasteiger partial charge < -0.3 is 5.32 Å². The molecule has 1 fully saturated rings. The number of carbonyl (C=O) groups is 1. The molecule has 1 amide bonds. The minimum atomic E-state index is 0.0191. The Morgan fingerprint density at radius 1 is 1.29 bits per heavy atom. The van der Waals surface area contributed by atoms with Gasteiger partial charge in [0.2, 0.25) is 0 Å². The maximum atomic E-state index is 12.5. The molecule has 1 atom stereocenters. The van der Waals surface area contributed by atoms with Gasteiger partial charge in [-0.15, -0.1) is 11.3 Å². The molecule has 0 unspecified atom stereocenters. The van der Waals surface area contributed by atoms with Crippen LogP contribution in [0.15, 0.2) is 41.8 Å². The Hall–Kier alpha value is -1.65. The van der Waals surface area contributed by atoms with E-state index in [1.54, 1.807) is 11.3 Å². The first kappa shape index (κ1) is 17.2. The van der Waals surface area contributed by atoms with Crippen LogP contribution in [0, 0.1) is 12.8 Å². The Morgan fingerprint density at radius 3 is 2.75 bits per heavy atom. The van der Waals surface area contributed by atoms with Gasteiger partial charge in [-0.25, -0.2) is 0 Å². The first-order valence-electron chi connectivity index (χ1n) is 8.76. The fourth-order valence-electron chi connectivity index (χ4n) is 3.31. The van der Waals surface area contributed by atoms with Crippen LogP contribution in [0.5, 0.6) is 0 Å². The maximum Gasteiger partial charge on any atom is 0.251 e. The van der Waals surface area contributed by atoms with Crippen LogP contribution in [0.4, 0.5) is 0 Å². The molecule has 4 heteroatoms. The van der Waals surface area contributed by atoms with Crippen LogP contribution in [0.3, 0.4) is 0 Å². The van der Waals surface area contributed by atoms with Crippen molar-refractivity contribution >= 4 is 17.2 Å². The lowest BCUT2D eigenvalue weighted by atomic mass is 9.97. The molecule has 0 spiro atoms. The van der Waals surface area contributed by atoms with Gasteiger partial charge in [0.25, 0.3) is 5.91 Å². The summed E-state index contributed by atoms with van der Waals surface area (Å²) in [7, 11) is 0. The van der Waals surface area contributed by atoms with Gasteiger partial charge >= 0.3 is 0 Å². The average molecular weight is 343 g/mol. The van der Waals surface area contributed by atoms with Crippen LogP contribution in [0.2, 0.25) is 0 Å². The van der Waals surface area contributed by atoms with Gasteiger partial charge in [0.1, 0.15) is 0 Å². The third kappa shape index (κ3) is 4.25. The summed E-state index contributed by atoms with van der Waals surface area (Å²) in [4.78, 5) is 16.4. The third-order valence-corrected chi connectivity index (χ3v) is 5.84. The highest BCUT2D eigenvalue weighted by molar-refractivity contribution is 7.10. The summed E-state index contributed by atoms with van der Waals surface area (Å²) in [5.74, 6) is 0.831. The highest BCUT2D eigenvalue weighted by atomic mass is 32.1. The van der Waals surface area contributed by atoms with Crippen LogP contribution in [-0.2, 0) is 0 Å². The van der Waals surface area contributed by atoms with E-state index in [2.05, 4.69) is 34.7 Å². The zero-order chi connectivity index (χ0) is 16.9. The minimum Gasteiger partial charge on any atom is -0.350 e. The van der Waals surface area contributed by atoms with Crippen molar-refractivity contribution in [3.8, 4) is 0 Å². The topological polar surface area (TPSA) is 32.3 Å². The Bertz CT molecular complexity index is 660. The number of nitrogens with one attached hydrogen (secondary N) is 1. The predicted molar refractivity (Wildman–Crippen MR) is 101 cm³/mol. The number of likely N-dealkylation sites (tertiary alicyclic amines) is 1. The number of amides is 1. The molecule has 1 aromatic heterocycles. The molecule has 0 saturated carbocycles. The van der Waals surface area contributed by atoms with Crippen molar-refractivity contribution in [1.29, 1.82) is 0 Å². The number of benzene rings is 1. The van der Waals surface area contributed by atoms with E-state index in [-0.39, 0.29) is 11.9 Å². The number of hydrogen-bond donors (Lipinski definition) is 1. The second-order valence-corrected chi connectivity index (χ2v) is 7.81. The summed E-state index contributed by atoms with van der Waals surface area (Å²) in [5, 5.41) is 5.27. The van der Waals surface area contributed by atoms with Crippen molar-refractivity contribution < 1.29 is 4.79 Å². The van der Waals surface area contributed by atoms with Crippen molar-refractivity contribution in [1.82, 2.24) is 10.2 Å². The Balaban J connectivity index is 1.67. The van der Waals surface area contributed by atoms with Crippen LogP contribution in [0.1, 0.15) is 46.6 Å². The number of piperidine rings is 1. The van der Waals surface area contributed by atoms with Crippen molar-refractivity contribution in [2.24, 2.45) is 5.92 Å². The number of rotatable bonds is 5. The molecule has 24 heavy (non-hydrogen) atoms. The van der Waals surface area contributed by atoms with Crippen LogP contribution < -0.4 is 5.32 Å². The van der Waals surface area contributed by atoms with Gasteiger partial charge in [0.05, 0.1) is 6.04 Å². The summed E-state index contributed by atoms with van der Waals surface area (Å²) in [6.45, 7) is 7.24. The molecule has 1 aliphatic rings. The van der Waals surface area contributed by atoms with Crippen molar-refractivity contribution in [2.45, 2.75) is 32.7 Å². The number of nitrogens with zero attached hydrogens (tertiary/aromatic N) is 1. The zero-order valence-electron chi connectivity index (χ0n) is 14.5. The van der Waals surface area contributed by atoms with Crippen LogP contribution in [-0.4, -0.2) is 30.4 Å². The Kier molecular flexibility index (Phi) is 5.69. The Morgan fingerprint density at radius 2 is 2.08 bits per heavy atom. The molecule has 0 bridgehead atoms. The zero-order valence-corrected chi connectivity index (χ0v) is 15.3. The largest absolute Gasteiger partial charge is 0.350 e. The van der Waals surface area contributed by atoms with Gasteiger partial charge in [-0.3, -0.25) is 9.69 Å². The fourth-order valence-corrected chi connectivity index (χ4v) is 4.17. The minimum absolute atomic E-state index is 0.0191. The molecule has 0 aliphatic carbocycles. The average Bonchev–Trinajstić information content (AvgIpc) is 3.11. The summed E-state index contributed by atoms with van der Waals surface area (Å²) in [5.41, 5.74) is 1.86. The highest BCUT2D eigenvalue weighted by Gasteiger charge is 2.25. The second-order valence-electron chi connectivity index (χ2n) is 6.83. The molecule has 1 aromatic carbocycles. The van der Waals surface area contributed by atoms with Gasteiger partial charge in [0.15, 0.2) is 0 Å². The van der Waals surface area contributed by atoms with E-state index in [0.29, 0.717) is 6.54 Å². The molecule has 1 saturated heterocycles. The molecule has 2 aromatic rings. The first-order valence-corrected chi connectivity index (χ1v) is 9.64. The number of aryl methyl sites for hydroxylation is 1. The molecular weight excluding hydrogens is 316 g/mol. The molecular formula is C20H26N2OS. The van der Waals surface area contributed by atoms with Gasteiger partial charge in [-0.05, 0) is 62.4 Å². The Labute approximate surface area is 148 Å². The first-order chi connectivity index (χ1) is 11.6. The van der Waals surface area contributed by atoms with E-state index in [4.69, 9.17) is 0 Å². The predicted octanol–water partition coefficient (Wildman–Crippen LogP) is 4.26. The second kappa shape index (κ2) is 7.95. The van der Waals surface area contributed by atoms with E-state index in [1.165, 1.54) is 17.7 Å². The monoisotopic (exact) mass is 342 g/mol. The number of thiophene rings is 1. The SMILES string of the molecule is Cc1cccc(C(=O)NC[C@@H](c2cccs2)N2CCC(C)CC2)c1. The van der Waals surface area contributed by atoms with E-state index >= 15 is 0 Å². The van der Waals surface area contributed by atoms with Crippen molar-refractivity contribution in [2.75, 3.05) is 19.6 Å². The highest BCUT2D eigenvalue weighted by Crippen LogP contribution is 2.29. The molecule has 2 heterocycles. The van der Waals surface area contributed by atoms with Gasteiger partial charge in [0, 0.05) is 17.0 Å². The number of carbonyl (C=O) groups excluding carboxylic acids is 1. The quantitative estimate of drug-likeness (QED) is 0.880. The van der Waals surface area contributed by atoms with E-state index in [9.17, 15) is 4.79 Å². The molecule has 3 rings (SSSR count). The molecule has 128 valence electrons. The normalized spacial score (nSPS) is 17.6. The summed E-state index contributed by atoms with van der Waals surface area (Å²) in [6, 6.07) is 12.3. The maximum absolute atomic E-state index is 12.5. The van der Waals surface area contributed by atoms with Crippen LogP contribution in [0.25, 0.3) is 0 Å². The molecule has 1 aliphatic heterocycles. The summed E-state index contributed by atoms with van der Waals surface area (Å²) in [6.07, 6.45) is 2.49. The van der Waals surface area contributed by atoms with E-state index < -0.39 is 0 Å². The smallest absolute Gasteiger partial charge is 0.251 e. The molecule has 3 nitrogen and oxygen atoms in total. The summed E-state index contributed by atoms with van der Waals surface area (Å²) >= 11 is 1.78. The fraction of sp³-hybridized carbons (Fsp3) is 0.450. The van der Waals surface area contributed by atoms with Crippen molar-refractivity contribution in [3.63, 3.8) is 0 Å². The molecule has 0 radical (unpaired) electrons. The standard InChI is InChI=1S/C20H26N2OS/c1-15-8-10-22(11-9-15)18(19-7-4-12-24-19)14-21-20(23)17-6-3-5-16(2)13-17/h3-7,12-13,15,18H,8-11,14H2,1-2H3,(H,21,23)/t18-/m0/s1. The lowest BCUT2D eigenvalue weighted by Crippen LogP contribution is -2.41. The van der Waals surface area contributed by atoms with Gasteiger partial charge in [-0.1, -0.05) is 30.7 Å². The van der Waals surface area contributed by atoms with Gasteiger partial charge in [-0.2, -0.15) is 0 Å². The third-order valence-electron chi connectivity index (χ3n) is 4.87.